The SMILES string of the molecule is CS(=O)(=O)c1cn[nH]c1.C[C@@]1(O)CC[C@H]2[C@H](CC[C@@H]3[C@@H]2CC[C@]2(C)[C@@H](C(=O)CBr)CC[C@@H]32)C1.C[C@@]1(O)CC[C@H]2[C@H](CC[C@@H]3[C@@H]2CC[C@]2(C)[C@@H](C(=O)Cn4cc(S(C)(=O)=O)cn4)CC[C@@H]32)C1. The molecule has 10 rings (SSSR count). The first-order valence-electron chi connectivity index (χ1n) is 24.9. The van der Waals surface area contributed by atoms with Gasteiger partial charge in [-0.1, -0.05) is 29.8 Å². The fourth-order valence-corrected chi connectivity index (χ4v) is 18.1. The Hall–Kier alpha value is -1.94. The predicted molar refractivity (Wildman–Crippen MR) is 253 cm³/mol. The van der Waals surface area contributed by atoms with Crippen molar-refractivity contribution in [1.82, 2.24) is 20.0 Å². The maximum absolute atomic E-state index is 13.4. The topological polar surface area (TPSA) is 189 Å². The molecule has 65 heavy (non-hydrogen) atoms. The predicted octanol–water partition coefficient (Wildman–Crippen LogP) is 8.66. The standard InChI is InChI=1S/C25H38N2O4S.C21H33BrO2.C4H6N2O2S/c1-24(29)10-8-18-16(12-24)4-5-20-19(18)9-11-25(2)21(20)6-7-22(25)23(28)15-27-14-17(13-26-27)32(3,30)31;1-20(24)9-7-14-13(11-20)3-4-16-15(14)8-10-21(2)17(16)5-6-18(21)19(23)12-22;1-9(7,8)4-2-5-6-3-4/h13-14,16,18-22,29H,4-12,15H2,1-3H3;13-18,24H,3-12H2,1-2H3;2-3H,1H3,(H,5,6)/t16-,18+,19-,20-,21+,22-,24-,25+;13-,14+,15-,16-,17+,18-,20-,21+;/m11./s1. The van der Waals surface area contributed by atoms with Gasteiger partial charge in [0.15, 0.2) is 25.5 Å². The molecule has 16 atom stereocenters. The third kappa shape index (κ3) is 9.94. The second kappa shape index (κ2) is 18.4. The molecule has 8 saturated carbocycles. The number of sulfone groups is 2. The van der Waals surface area contributed by atoms with Gasteiger partial charge in [-0.3, -0.25) is 19.4 Å². The highest BCUT2D eigenvalue weighted by Crippen LogP contribution is 2.66. The van der Waals surface area contributed by atoms with Gasteiger partial charge in [-0.25, -0.2) is 16.8 Å². The molecule has 0 spiro atoms. The van der Waals surface area contributed by atoms with Crippen molar-refractivity contribution in [2.45, 2.75) is 171 Å². The average molecular weight is 1010 g/mol. The lowest BCUT2D eigenvalue weighted by Crippen LogP contribution is -2.51. The lowest BCUT2D eigenvalue weighted by molar-refractivity contribution is -0.133. The number of aliphatic hydroxyl groups is 2. The number of hydrogen-bond acceptors (Lipinski definition) is 10. The number of alkyl halides is 1. The van der Waals surface area contributed by atoms with Crippen LogP contribution in [0.1, 0.15) is 143 Å². The molecule has 0 aliphatic heterocycles. The minimum atomic E-state index is -3.31. The lowest BCUT2D eigenvalue weighted by Gasteiger charge is -2.56. The summed E-state index contributed by atoms with van der Waals surface area (Å²) in [7, 11) is -6.36. The fraction of sp³-hybridized carbons (Fsp3) is 0.840. The number of H-pyrrole nitrogens is 1. The van der Waals surface area contributed by atoms with E-state index in [9.17, 15) is 36.6 Å². The maximum atomic E-state index is 13.4. The van der Waals surface area contributed by atoms with Crippen LogP contribution >= 0.6 is 15.9 Å². The van der Waals surface area contributed by atoms with E-state index in [1.165, 1.54) is 93.5 Å². The Bertz CT molecular complexity index is 2260. The number of Topliss-reactive ketones (excluding diaryl/α,β-unsaturated/α-hetero) is 2. The molecular formula is C50H77BrN4O8S2. The number of rotatable bonds is 7. The van der Waals surface area contributed by atoms with Crippen LogP contribution in [-0.2, 0) is 35.8 Å². The molecule has 15 heteroatoms. The summed E-state index contributed by atoms with van der Waals surface area (Å²) < 4.78 is 46.3. The third-order valence-corrected chi connectivity index (χ3v) is 22.3. The third-order valence-electron chi connectivity index (χ3n) is 19.6. The van der Waals surface area contributed by atoms with E-state index in [1.54, 1.807) is 0 Å². The fourth-order valence-electron chi connectivity index (χ4n) is 16.6. The summed E-state index contributed by atoms with van der Waals surface area (Å²) >= 11 is 3.42. The number of aromatic nitrogens is 4. The molecule has 0 aromatic carbocycles. The van der Waals surface area contributed by atoms with Crippen LogP contribution < -0.4 is 0 Å². The highest BCUT2D eigenvalue weighted by molar-refractivity contribution is 9.09. The largest absolute Gasteiger partial charge is 0.390 e. The molecular weight excluding hydrogens is 929 g/mol. The Balaban J connectivity index is 0.000000153. The Morgan fingerprint density at radius 2 is 1.12 bits per heavy atom. The van der Waals surface area contributed by atoms with Crippen molar-refractivity contribution in [2.75, 3.05) is 17.8 Å². The number of halogens is 1. The summed E-state index contributed by atoms with van der Waals surface area (Å²) in [5.41, 5.74) is -0.583. The molecule has 3 N–H and O–H groups in total. The minimum absolute atomic E-state index is 0.0455. The summed E-state index contributed by atoms with van der Waals surface area (Å²) in [5, 5.41) is 31.6. The number of nitrogens with one attached hydrogen (secondary N) is 1. The minimum Gasteiger partial charge on any atom is -0.390 e. The number of fused-ring (bicyclic) bond motifs is 10. The molecule has 0 saturated heterocycles. The van der Waals surface area contributed by atoms with Crippen molar-refractivity contribution in [1.29, 1.82) is 0 Å². The average Bonchev–Trinajstić information content (AvgIpc) is 4.06. The summed E-state index contributed by atoms with van der Waals surface area (Å²) in [6.07, 6.45) is 28.6. The molecule has 8 fully saturated rings. The molecule has 0 radical (unpaired) electrons. The molecule has 8 aliphatic carbocycles. The van der Waals surface area contributed by atoms with Gasteiger partial charge in [0, 0.05) is 36.7 Å². The summed E-state index contributed by atoms with van der Waals surface area (Å²) in [4.78, 5) is 26.2. The Kier molecular flexibility index (Phi) is 14.0. The monoisotopic (exact) mass is 1000 g/mol. The highest BCUT2D eigenvalue weighted by Gasteiger charge is 2.60. The quantitative estimate of drug-likeness (QED) is 0.227. The highest BCUT2D eigenvalue weighted by atomic mass is 79.9. The van der Waals surface area contributed by atoms with E-state index < -0.39 is 30.9 Å². The number of carbonyl (C=O) groups is 2. The van der Waals surface area contributed by atoms with E-state index in [2.05, 4.69) is 45.1 Å². The van der Waals surface area contributed by atoms with Crippen LogP contribution in [0, 0.1) is 81.8 Å². The van der Waals surface area contributed by atoms with Crippen molar-refractivity contribution in [3.8, 4) is 0 Å². The second-order valence-corrected chi connectivity index (χ2v) is 28.2. The van der Waals surface area contributed by atoms with E-state index in [0.717, 1.165) is 111 Å². The molecule has 8 aliphatic rings. The van der Waals surface area contributed by atoms with Gasteiger partial charge in [0.05, 0.1) is 35.5 Å². The van der Waals surface area contributed by atoms with Gasteiger partial charge >= 0.3 is 0 Å². The van der Waals surface area contributed by atoms with E-state index >= 15 is 0 Å². The second-order valence-electron chi connectivity index (χ2n) is 23.6. The van der Waals surface area contributed by atoms with Crippen LogP contribution in [0.25, 0.3) is 0 Å². The van der Waals surface area contributed by atoms with Gasteiger partial charge in [-0.15, -0.1) is 0 Å². The first-order chi connectivity index (χ1) is 30.4. The smallest absolute Gasteiger partial charge is 0.178 e. The van der Waals surface area contributed by atoms with Crippen LogP contribution in [0.5, 0.6) is 0 Å². The molecule has 0 bridgehead atoms. The molecule has 0 unspecified atom stereocenters. The first-order valence-corrected chi connectivity index (χ1v) is 29.8. The van der Waals surface area contributed by atoms with E-state index in [4.69, 9.17) is 0 Å². The van der Waals surface area contributed by atoms with Gasteiger partial charge in [0.1, 0.15) is 15.6 Å². The van der Waals surface area contributed by atoms with Crippen molar-refractivity contribution < 1.29 is 36.6 Å². The normalized spacial score (nSPS) is 43.1. The van der Waals surface area contributed by atoms with Gasteiger partial charge in [0.25, 0.3) is 0 Å². The van der Waals surface area contributed by atoms with Gasteiger partial charge in [0.2, 0.25) is 0 Å². The van der Waals surface area contributed by atoms with Crippen LogP contribution in [0.15, 0.2) is 34.6 Å². The van der Waals surface area contributed by atoms with E-state index in [-0.39, 0.29) is 38.9 Å². The number of aromatic amines is 1. The Morgan fingerprint density at radius 3 is 1.54 bits per heavy atom. The number of ketones is 2. The first kappa shape index (κ1) is 49.5. The van der Waals surface area contributed by atoms with Gasteiger partial charge in [-0.05, 0) is 199 Å². The number of carbonyl (C=O) groups excluding carboxylic acids is 2. The lowest BCUT2D eigenvalue weighted by atomic mass is 9.49. The van der Waals surface area contributed by atoms with Crippen molar-refractivity contribution in [3.63, 3.8) is 0 Å². The van der Waals surface area contributed by atoms with E-state index in [1.807, 2.05) is 13.8 Å². The Labute approximate surface area is 397 Å². The van der Waals surface area contributed by atoms with E-state index in [0.29, 0.717) is 28.9 Å². The molecule has 12 nitrogen and oxygen atoms in total. The summed E-state index contributed by atoms with van der Waals surface area (Å²) in [5.74, 6) is 8.61. The summed E-state index contributed by atoms with van der Waals surface area (Å²) in [6, 6.07) is 0. The maximum Gasteiger partial charge on any atom is 0.178 e. The summed E-state index contributed by atoms with van der Waals surface area (Å²) in [6.45, 7) is 9.01. The zero-order valence-corrected chi connectivity index (χ0v) is 43.0. The van der Waals surface area contributed by atoms with Crippen molar-refractivity contribution >= 4 is 47.2 Å². The van der Waals surface area contributed by atoms with Crippen LogP contribution in [0.4, 0.5) is 0 Å². The zero-order valence-electron chi connectivity index (χ0n) is 39.8. The molecule has 0 amide bonds. The van der Waals surface area contributed by atoms with Crippen molar-refractivity contribution in [2.24, 2.45) is 81.8 Å². The van der Waals surface area contributed by atoms with Gasteiger partial charge in [-0.2, -0.15) is 10.2 Å². The molecule has 2 aromatic rings. The molecule has 2 heterocycles. The Morgan fingerprint density at radius 1 is 0.646 bits per heavy atom. The number of hydrogen-bond donors (Lipinski definition) is 3. The van der Waals surface area contributed by atoms with Crippen LogP contribution in [0.3, 0.4) is 0 Å². The van der Waals surface area contributed by atoms with Crippen LogP contribution in [-0.4, -0.2) is 87.6 Å². The zero-order chi connectivity index (χ0) is 46.9. The van der Waals surface area contributed by atoms with Crippen LogP contribution in [0.2, 0.25) is 0 Å². The molecule has 2 aromatic heterocycles. The van der Waals surface area contributed by atoms with Crippen molar-refractivity contribution in [3.05, 3.63) is 24.8 Å². The van der Waals surface area contributed by atoms with Gasteiger partial charge < -0.3 is 10.2 Å². The number of nitrogens with zero attached hydrogens (tertiary/aromatic N) is 3. The molecule has 364 valence electrons.